The number of benzene rings is 1. The Balaban J connectivity index is 2.69. The zero-order valence-electron chi connectivity index (χ0n) is 10.0. The lowest BCUT2D eigenvalue weighted by Crippen LogP contribution is -2.32. The van der Waals surface area contributed by atoms with E-state index in [4.69, 9.17) is 11.6 Å². The van der Waals surface area contributed by atoms with Crippen molar-refractivity contribution in [3.05, 3.63) is 34.9 Å². The van der Waals surface area contributed by atoms with Crippen LogP contribution in [0.15, 0.2) is 18.2 Å². The Labute approximate surface area is 102 Å². The van der Waals surface area contributed by atoms with E-state index < -0.39 is 0 Å². The van der Waals surface area contributed by atoms with Crippen LogP contribution in [0.2, 0.25) is 0 Å². The summed E-state index contributed by atoms with van der Waals surface area (Å²) >= 11 is 5.62. The zero-order chi connectivity index (χ0) is 12.1. The average molecular weight is 240 g/mol. The van der Waals surface area contributed by atoms with Gasteiger partial charge in [-0.2, -0.15) is 0 Å². The molecule has 0 bridgehead atoms. The molecule has 0 aromatic heterocycles. The Bertz CT molecular complexity index is 376. The van der Waals surface area contributed by atoms with Crippen LogP contribution in [0.1, 0.15) is 34.8 Å². The molecule has 2 nitrogen and oxygen atoms in total. The second kappa shape index (κ2) is 5.90. The molecule has 1 N–H and O–H groups in total. The van der Waals surface area contributed by atoms with Crippen molar-refractivity contribution in [2.24, 2.45) is 0 Å². The fraction of sp³-hybridized carbons (Fsp3) is 0.462. The summed E-state index contributed by atoms with van der Waals surface area (Å²) in [6.07, 6.45) is 0.790. The highest BCUT2D eigenvalue weighted by atomic mass is 35.5. The van der Waals surface area contributed by atoms with E-state index >= 15 is 0 Å². The third-order valence-electron chi connectivity index (χ3n) is 2.69. The lowest BCUT2D eigenvalue weighted by Gasteiger charge is -2.12. The number of aryl methyl sites for hydroxylation is 2. The van der Waals surface area contributed by atoms with E-state index in [-0.39, 0.29) is 11.9 Å². The SMILES string of the molecule is Cc1ccc(C(=O)NC(C)CCCl)cc1C. The number of carbonyl (C=O) groups excluding carboxylic acids is 1. The highest BCUT2D eigenvalue weighted by Crippen LogP contribution is 2.10. The van der Waals surface area contributed by atoms with E-state index in [2.05, 4.69) is 5.32 Å². The topological polar surface area (TPSA) is 29.1 Å². The zero-order valence-corrected chi connectivity index (χ0v) is 10.8. The third-order valence-corrected chi connectivity index (χ3v) is 2.91. The Morgan fingerprint density at radius 1 is 1.38 bits per heavy atom. The monoisotopic (exact) mass is 239 g/mol. The fourth-order valence-corrected chi connectivity index (χ4v) is 1.75. The average Bonchev–Trinajstić information content (AvgIpc) is 2.22. The molecule has 0 saturated heterocycles. The molecule has 1 rings (SSSR count). The Kier molecular flexibility index (Phi) is 4.81. The number of hydrogen-bond acceptors (Lipinski definition) is 1. The minimum atomic E-state index is -0.0271. The van der Waals surface area contributed by atoms with Crippen LogP contribution < -0.4 is 5.32 Å². The molecular weight excluding hydrogens is 222 g/mol. The number of carbonyl (C=O) groups is 1. The van der Waals surface area contributed by atoms with Gasteiger partial charge in [0, 0.05) is 17.5 Å². The van der Waals surface area contributed by atoms with Gasteiger partial charge in [-0.3, -0.25) is 4.79 Å². The number of hydrogen-bond donors (Lipinski definition) is 1. The van der Waals surface area contributed by atoms with Crippen molar-refractivity contribution in [2.45, 2.75) is 33.2 Å². The standard InChI is InChI=1S/C13H18ClNO/c1-9-4-5-12(8-10(9)2)13(16)15-11(3)6-7-14/h4-5,8,11H,6-7H2,1-3H3,(H,15,16). The highest BCUT2D eigenvalue weighted by molar-refractivity contribution is 6.17. The van der Waals surface area contributed by atoms with Gasteiger partial charge in [0.05, 0.1) is 0 Å². The molecule has 0 spiro atoms. The van der Waals surface area contributed by atoms with Gasteiger partial charge in [-0.15, -0.1) is 11.6 Å². The summed E-state index contributed by atoms with van der Waals surface area (Å²) in [7, 11) is 0. The van der Waals surface area contributed by atoms with Gasteiger partial charge in [0.25, 0.3) is 5.91 Å². The minimum absolute atomic E-state index is 0.0271. The van der Waals surface area contributed by atoms with Crippen molar-refractivity contribution in [2.75, 3.05) is 5.88 Å². The first-order valence-corrected chi connectivity index (χ1v) is 6.02. The molecule has 88 valence electrons. The summed E-state index contributed by atoms with van der Waals surface area (Å²) < 4.78 is 0. The van der Waals surface area contributed by atoms with Crippen LogP contribution in [0.5, 0.6) is 0 Å². The third kappa shape index (κ3) is 3.53. The minimum Gasteiger partial charge on any atom is -0.350 e. The number of halogens is 1. The number of nitrogens with one attached hydrogen (secondary N) is 1. The number of amides is 1. The first-order chi connectivity index (χ1) is 7.54. The summed E-state index contributed by atoms with van der Waals surface area (Å²) in [5.74, 6) is 0.537. The van der Waals surface area contributed by atoms with Crippen LogP contribution in [0.3, 0.4) is 0 Å². The van der Waals surface area contributed by atoms with E-state index in [1.165, 1.54) is 5.56 Å². The predicted octanol–water partition coefficient (Wildman–Crippen LogP) is 3.05. The van der Waals surface area contributed by atoms with Crippen molar-refractivity contribution in [1.82, 2.24) is 5.32 Å². The maximum Gasteiger partial charge on any atom is 0.251 e. The maximum absolute atomic E-state index is 11.8. The molecular formula is C13H18ClNO. The van der Waals surface area contributed by atoms with Gasteiger partial charge >= 0.3 is 0 Å². The van der Waals surface area contributed by atoms with Gasteiger partial charge in [0.2, 0.25) is 0 Å². The van der Waals surface area contributed by atoms with Crippen LogP contribution in [-0.2, 0) is 0 Å². The van der Waals surface area contributed by atoms with Gasteiger partial charge in [-0.05, 0) is 50.5 Å². The second-order valence-corrected chi connectivity index (χ2v) is 4.53. The highest BCUT2D eigenvalue weighted by Gasteiger charge is 2.09. The summed E-state index contributed by atoms with van der Waals surface area (Å²) in [5, 5.41) is 2.92. The molecule has 0 radical (unpaired) electrons. The van der Waals surface area contributed by atoms with Crippen molar-refractivity contribution in [3.8, 4) is 0 Å². The lowest BCUT2D eigenvalue weighted by atomic mass is 10.1. The molecule has 16 heavy (non-hydrogen) atoms. The fourth-order valence-electron chi connectivity index (χ4n) is 1.43. The predicted molar refractivity (Wildman–Crippen MR) is 68.2 cm³/mol. The maximum atomic E-state index is 11.8. The molecule has 0 saturated carbocycles. The molecule has 0 heterocycles. The molecule has 3 heteroatoms. The van der Waals surface area contributed by atoms with E-state index in [1.54, 1.807) is 0 Å². The molecule has 1 aromatic rings. The van der Waals surface area contributed by atoms with E-state index in [0.717, 1.165) is 12.0 Å². The molecule has 0 aliphatic rings. The van der Waals surface area contributed by atoms with Gasteiger partial charge in [-0.25, -0.2) is 0 Å². The molecule has 0 aliphatic heterocycles. The summed E-state index contributed by atoms with van der Waals surface area (Å²) in [5.41, 5.74) is 3.05. The summed E-state index contributed by atoms with van der Waals surface area (Å²) in [6.45, 7) is 6.00. The quantitative estimate of drug-likeness (QED) is 0.804. The van der Waals surface area contributed by atoms with Crippen LogP contribution in [-0.4, -0.2) is 17.8 Å². The van der Waals surface area contributed by atoms with Gasteiger partial charge in [0.1, 0.15) is 0 Å². The number of rotatable bonds is 4. The van der Waals surface area contributed by atoms with E-state index in [1.807, 2.05) is 39.0 Å². The summed E-state index contributed by atoms with van der Waals surface area (Å²) in [4.78, 5) is 11.8. The Morgan fingerprint density at radius 3 is 2.62 bits per heavy atom. The number of alkyl halides is 1. The Morgan fingerprint density at radius 2 is 2.06 bits per heavy atom. The smallest absolute Gasteiger partial charge is 0.251 e. The van der Waals surface area contributed by atoms with Crippen LogP contribution in [0.4, 0.5) is 0 Å². The first kappa shape index (κ1) is 13.0. The van der Waals surface area contributed by atoms with Crippen LogP contribution in [0.25, 0.3) is 0 Å². The molecule has 1 atom stereocenters. The molecule has 0 fully saturated rings. The summed E-state index contributed by atoms with van der Waals surface area (Å²) in [6, 6.07) is 5.85. The molecule has 1 unspecified atom stereocenters. The largest absolute Gasteiger partial charge is 0.350 e. The van der Waals surface area contributed by atoms with Gasteiger partial charge in [0.15, 0.2) is 0 Å². The van der Waals surface area contributed by atoms with Crippen molar-refractivity contribution >= 4 is 17.5 Å². The van der Waals surface area contributed by atoms with Gasteiger partial charge in [-0.1, -0.05) is 6.07 Å². The lowest BCUT2D eigenvalue weighted by molar-refractivity contribution is 0.0939. The molecule has 0 aliphatic carbocycles. The van der Waals surface area contributed by atoms with Crippen molar-refractivity contribution in [3.63, 3.8) is 0 Å². The van der Waals surface area contributed by atoms with Crippen LogP contribution in [0, 0.1) is 13.8 Å². The van der Waals surface area contributed by atoms with E-state index in [0.29, 0.717) is 11.4 Å². The van der Waals surface area contributed by atoms with Crippen molar-refractivity contribution < 1.29 is 4.79 Å². The molecule has 1 aromatic carbocycles. The first-order valence-electron chi connectivity index (χ1n) is 5.48. The second-order valence-electron chi connectivity index (χ2n) is 4.15. The van der Waals surface area contributed by atoms with Crippen molar-refractivity contribution in [1.29, 1.82) is 0 Å². The molecule has 1 amide bonds. The van der Waals surface area contributed by atoms with Crippen LogP contribution >= 0.6 is 11.6 Å². The van der Waals surface area contributed by atoms with Gasteiger partial charge < -0.3 is 5.32 Å². The normalized spacial score (nSPS) is 12.2. The van der Waals surface area contributed by atoms with E-state index in [9.17, 15) is 4.79 Å². The Hall–Kier alpha value is -1.02.